The predicted octanol–water partition coefficient (Wildman–Crippen LogP) is 2.77. The quantitative estimate of drug-likeness (QED) is 0.804. The molecule has 0 fully saturated rings. The van der Waals surface area contributed by atoms with Crippen LogP contribution in [0.3, 0.4) is 0 Å². The first kappa shape index (κ1) is 17.5. The Kier molecular flexibility index (Phi) is 6.17. The van der Waals surface area contributed by atoms with Crippen molar-refractivity contribution in [1.29, 1.82) is 10.5 Å². The van der Waals surface area contributed by atoms with Gasteiger partial charge in [0.05, 0.1) is 22.7 Å². The molecule has 112 valence electrons. The van der Waals surface area contributed by atoms with Gasteiger partial charge in [-0.25, -0.2) is 8.42 Å². The summed E-state index contributed by atoms with van der Waals surface area (Å²) in [7, 11) is -3.83. The number of hydrogen-bond donors (Lipinski definition) is 0. The summed E-state index contributed by atoms with van der Waals surface area (Å²) in [6, 6.07) is 7.95. The van der Waals surface area contributed by atoms with Crippen molar-refractivity contribution in [3.63, 3.8) is 0 Å². The maximum atomic E-state index is 12.7. The summed E-state index contributed by atoms with van der Waals surface area (Å²) < 4.78 is 26.6. The number of sulfonamides is 1. The Hall–Kier alpha value is -1.60. The van der Waals surface area contributed by atoms with Gasteiger partial charge in [0.25, 0.3) is 0 Å². The first-order valence-electron chi connectivity index (χ1n) is 6.39. The smallest absolute Gasteiger partial charge is 0.207 e. The first-order valence-corrected chi connectivity index (χ1v) is 8.21. The number of benzene rings is 1. The topological polar surface area (TPSA) is 85.0 Å². The average Bonchev–Trinajstić information content (AvgIpc) is 2.43. The molecule has 0 spiro atoms. The highest BCUT2D eigenvalue weighted by molar-refractivity contribution is 7.89. The van der Waals surface area contributed by atoms with Crippen molar-refractivity contribution in [2.45, 2.75) is 25.2 Å². The van der Waals surface area contributed by atoms with Gasteiger partial charge in [-0.05, 0) is 24.1 Å². The average molecular weight is 326 g/mol. The zero-order valence-corrected chi connectivity index (χ0v) is 13.4. The summed E-state index contributed by atoms with van der Waals surface area (Å²) in [5, 5.41) is 17.7. The molecule has 0 bridgehead atoms. The number of nitriles is 2. The minimum atomic E-state index is -3.83. The van der Waals surface area contributed by atoms with E-state index in [0.29, 0.717) is 0 Å². The molecule has 5 nitrogen and oxygen atoms in total. The molecule has 0 N–H and O–H groups in total. The zero-order chi connectivity index (χ0) is 16.0. The molecular formula is C14H16ClN3O2S. The fourth-order valence-electron chi connectivity index (χ4n) is 1.80. The second kappa shape index (κ2) is 7.42. The van der Waals surface area contributed by atoms with E-state index in [4.69, 9.17) is 22.1 Å². The molecule has 0 saturated heterocycles. The van der Waals surface area contributed by atoms with Crippen LogP contribution in [0.2, 0.25) is 5.02 Å². The maximum absolute atomic E-state index is 12.7. The third-order valence-electron chi connectivity index (χ3n) is 2.72. The highest BCUT2D eigenvalue weighted by atomic mass is 35.5. The molecule has 21 heavy (non-hydrogen) atoms. The number of halogens is 1. The second-order valence-corrected chi connectivity index (χ2v) is 7.24. The van der Waals surface area contributed by atoms with Crippen molar-refractivity contribution >= 4 is 21.6 Å². The van der Waals surface area contributed by atoms with Gasteiger partial charge in [0.2, 0.25) is 10.0 Å². The molecule has 1 aromatic carbocycles. The number of nitrogens with zero attached hydrogens (tertiary/aromatic N) is 3. The van der Waals surface area contributed by atoms with Crippen LogP contribution in [0.5, 0.6) is 0 Å². The molecule has 1 rings (SSSR count). The molecule has 0 aliphatic heterocycles. The van der Waals surface area contributed by atoms with E-state index >= 15 is 0 Å². The lowest BCUT2D eigenvalue weighted by molar-refractivity contribution is 0.373. The summed E-state index contributed by atoms with van der Waals surface area (Å²) in [5.74, 6) is 0.108. The van der Waals surface area contributed by atoms with Gasteiger partial charge < -0.3 is 0 Å². The normalized spacial score (nSPS) is 11.4. The van der Waals surface area contributed by atoms with Crippen LogP contribution in [-0.2, 0) is 10.0 Å². The van der Waals surface area contributed by atoms with Crippen molar-refractivity contribution in [1.82, 2.24) is 4.31 Å². The SMILES string of the molecule is CC(C)CN(CCC#N)S(=O)(=O)c1cc(C#N)ccc1Cl. The molecule has 0 aliphatic carbocycles. The van der Waals surface area contributed by atoms with Crippen molar-refractivity contribution in [2.24, 2.45) is 5.92 Å². The summed E-state index contributed by atoms with van der Waals surface area (Å²) in [6.07, 6.45) is 0.0987. The van der Waals surface area contributed by atoms with E-state index in [1.807, 2.05) is 26.0 Å². The predicted molar refractivity (Wildman–Crippen MR) is 80.0 cm³/mol. The van der Waals surface area contributed by atoms with Gasteiger partial charge in [0, 0.05) is 19.5 Å². The van der Waals surface area contributed by atoms with Gasteiger partial charge >= 0.3 is 0 Å². The summed E-state index contributed by atoms with van der Waals surface area (Å²) in [5.41, 5.74) is 0.225. The van der Waals surface area contributed by atoms with Crippen LogP contribution < -0.4 is 0 Å². The van der Waals surface area contributed by atoms with E-state index in [1.54, 1.807) is 0 Å². The van der Waals surface area contributed by atoms with Gasteiger partial charge in [-0.1, -0.05) is 25.4 Å². The maximum Gasteiger partial charge on any atom is 0.244 e. The van der Waals surface area contributed by atoms with E-state index in [0.717, 1.165) is 0 Å². The fraction of sp³-hybridized carbons (Fsp3) is 0.429. The fourth-order valence-corrected chi connectivity index (χ4v) is 3.91. The highest BCUT2D eigenvalue weighted by Crippen LogP contribution is 2.26. The Labute approximate surface area is 130 Å². The Morgan fingerprint density at radius 1 is 1.33 bits per heavy atom. The lowest BCUT2D eigenvalue weighted by Gasteiger charge is -2.23. The van der Waals surface area contributed by atoms with Gasteiger partial charge in [-0.2, -0.15) is 14.8 Å². The van der Waals surface area contributed by atoms with E-state index in [1.165, 1.54) is 22.5 Å². The first-order chi connectivity index (χ1) is 9.82. The molecule has 0 unspecified atom stereocenters. The molecule has 0 radical (unpaired) electrons. The third kappa shape index (κ3) is 4.44. The van der Waals surface area contributed by atoms with Crippen molar-refractivity contribution in [3.05, 3.63) is 28.8 Å². The zero-order valence-electron chi connectivity index (χ0n) is 11.9. The van der Waals surface area contributed by atoms with Crippen molar-refractivity contribution < 1.29 is 8.42 Å². The number of rotatable bonds is 6. The Balaban J connectivity index is 3.28. The van der Waals surface area contributed by atoms with Gasteiger partial charge in [-0.3, -0.25) is 0 Å². The molecule has 1 aromatic rings. The lowest BCUT2D eigenvalue weighted by Crippen LogP contribution is -2.35. The summed E-state index contributed by atoms with van der Waals surface area (Å²) >= 11 is 5.97. The van der Waals surface area contributed by atoms with E-state index < -0.39 is 10.0 Å². The van der Waals surface area contributed by atoms with Gasteiger partial charge in [-0.15, -0.1) is 0 Å². The minimum absolute atomic E-state index is 0.0692. The van der Waals surface area contributed by atoms with Gasteiger partial charge in [0.1, 0.15) is 4.90 Å². The summed E-state index contributed by atoms with van der Waals surface area (Å²) in [6.45, 7) is 4.17. The highest BCUT2D eigenvalue weighted by Gasteiger charge is 2.27. The van der Waals surface area contributed by atoms with Crippen LogP contribution in [0.1, 0.15) is 25.8 Å². The largest absolute Gasteiger partial charge is 0.244 e. The number of hydrogen-bond acceptors (Lipinski definition) is 4. The van der Waals surface area contributed by atoms with Crippen molar-refractivity contribution in [2.75, 3.05) is 13.1 Å². The lowest BCUT2D eigenvalue weighted by atomic mass is 10.2. The van der Waals surface area contributed by atoms with Gasteiger partial charge in [0.15, 0.2) is 0 Å². The molecule has 7 heteroatoms. The third-order valence-corrected chi connectivity index (χ3v) is 5.07. The van der Waals surface area contributed by atoms with Crippen LogP contribution in [0, 0.1) is 28.6 Å². The monoisotopic (exact) mass is 325 g/mol. The van der Waals surface area contributed by atoms with Crippen molar-refractivity contribution in [3.8, 4) is 12.1 Å². The molecule has 0 heterocycles. The van der Waals surface area contributed by atoms with Crippen LogP contribution in [0.15, 0.2) is 23.1 Å². The molecule has 0 amide bonds. The van der Waals surface area contributed by atoms with E-state index in [2.05, 4.69) is 0 Å². The molecule has 0 aromatic heterocycles. The van der Waals surface area contributed by atoms with Crippen LogP contribution in [0.25, 0.3) is 0 Å². The molecule has 0 saturated carbocycles. The summed E-state index contributed by atoms with van der Waals surface area (Å²) in [4.78, 5) is -0.0955. The minimum Gasteiger partial charge on any atom is -0.207 e. The Bertz CT molecular complexity index is 687. The molecular weight excluding hydrogens is 310 g/mol. The Morgan fingerprint density at radius 2 is 2.00 bits per heavy atom. The Morgan fingerprint density at radius 3 is 2.52 bits per heavy atom. The van der Waals surface area contributed by atoms with E-state index in [9.17, 15) is 8.42 Å². The van der Waals surface area contributed by atoms with Crippen LogP contribution in [0.4, 0.5) is 0 Å². The standard InChI is InChI=1S/C14H16ClN3O2S/c1-11(2)10-18(7-3-6-16)21(19,20)14-8-12(9-17)4-5-13(14)15/h4-5,8,11H,3,7,10H2,1-2H3. The van der Waals surface area contributed by atoms with E-state index in [-0.39, 0.29) is 40.9 Å². The van der Waals surface area contributed by atoms with Crippen LogP contribution >= 0.6 is 11.6 Å². The van der Waals surface area contributed by atoms with Crippen LogP contribution in [-0.4, -0.2) is 25.8 Å². The second-order valence-electron chi connectivity index (χ2n) is 4.92. The molecule has 0 atom stereocenters. The molecule has 0 aliphatic rings.